The molecule has 4 aromatic rings. The van der Waals surface area contributed by atoms with Gasteiger partial charge < -0.3 is 9.47 Å². The van der Waals surface area contributed by atoms with Gasteiger partial charge >= 0.3 is 0 Å². The Morgan fingerprint density at radius 1 is 0.933 bits per heavy atom. The number of thiazole rings is 1. The van der Waals surface area contributed by atoms with Gasteiger partial charge in [0.2, 0.25) is 0 Å². The molecule has 0 atom stereocenters. The maximum absolute atomic E-state index is 13.1. The second kappa shape index (κ2) is 9.41. The van der Waals surface area contributed by atoms with Crippen LogP contribution < -0.4 is 14.4 Å². The molecule has 0 bridgehead atoms. The third kappa shape index (κ3) is 4.60. The second-order valence-electron chi connectivity index (χ2n) is 6.68. The number of hydrogen-bond acceptors (Lipinski definition) is 5. The molecule has 1 aromatic heterocycles. The fourth-order valence-electron chi connectivity index (χ4n) is 3.14. The Labute approximate surface area is 179 Å². The van der Waals surface area contributed by atoms with Crippen LogP contribution in [0, 0.1) is 0 Å². The van der Waals surface area contributed by atoms with Crippen molar-refractivity contribution in [3.63, 3.8) is 0 Å². The van der Waals surface area contributed by atoms with Crippen LogP contribution >= 0.6 is 11.3 Å². The van der Waals surface area contributed by atoms with E-state index < -0.39 is 0 Å². The Morgan fingerprint density at radius 3 is 2.40 bits per heavy atom. The fourth-order valence-corrected chi connectivity index (χ4v) is 4.15. The van der Waals surface area contributed by atoms with E-state index in [1.165, 1.54) is 16.9 Å². The number of rotatable bonds is 8. The van der Waals surface area contributed by atoms with Gasteiger partial charge in [0.1, 0.15) is 0 Å². The van der Waals surface area contributed by atoms with Crippen LogP contribution in [0.3, 0.4) is 0 Å². The molecule has 0 unspecified atom stereocenters. The summed E-state index contributed by atoms with van der Waals surface area (Å²) in [4.78, 5) is 19.5. The monoisotopic (exact) mass is 418 g/mol. The number of para-hydroxylation sites is 3. The molecule has 3 aromatic carbocycles. The Hall–Kier alpha value is -3.38. The summed E-state index contributed by atoms with van der Waals surface area (Å²) in [5.41, 5.74) is 2.06. The Morgan fingerprint density at radius 2 is 1.63 bits per heavy atom. The number of methoxy groups -OCH3 is 1. The molecule has 0 fully saturated rings. The van der Waals surface area contributed by atoms with Gasteiger partial charge in [-0.25, -0.2) is 4.98 Å². The zero-order chi connectivity index (χ0) is 20.8. The topological polar surface area (TPSA) is 51.7 Å². The van der Waals surface area contributed by atoms with E-state index >= 15 is 0 Å². The molecule has 0 saturated heterocycles. The highest BCUT2D eigenvalue weighted by Gasteiger charge is 2.21. The number of hydrogen-bond donors (Lipinski definition) is 0. The number of nitrogens with zero attached hydrogens (tertiary/aromatic N) is 2. The van der Waals surface area contributed by atoms with Gasteiger partial charge in [0.15, 0.2) is 23.2 Å². The molecular formula is C24H22N2O3S. The predicted molar refractivity (Wildman–Crippen MR) is 121 cm³/mol. The van der Waals surface area contributed by atoms with E-state index in [4.69, 9.17) is 9.47 Å². The van der Waals surface area contributed by atoms with Crippen LogP contribution in [-0.2, 0) is 11.2 Å². The molecule has 0 N–H and O–H groups in total. The number of ether oxygens (including phenoxy) is 2. The summed E-state index contributed by atoms with van der Waals surface area (Å²) in [5, 5.41) is 0.681. The highest BCUT2D eigenvalue weighted by molar-refractivity contribution is 7.22. The maximum Gasteiger partial charge on any atom is 0.266 e. The molecule has 0 radical (unpaired) electrons. The fraction of sp³-hybridized carbons (Fsp3) is 0.167. The van der Waals surface area contributed by atoms with Crippen LogP contribution in [0.2, 0.25) is 0 Å². The average Bonchev–Trinajstić information content (AvgIpc) is 3.22. The van der Waals surface area contributed by atoms with E-state index in [1.54, 1.807) is 24.1 Å². The molecule has 0 saturated carbocycles. The summed E-state index contributed by atoms with van der Waals surface area (Å²) in [6.07, 6.45) is 0.733. The Balaban J connectivity index is 1.54. The summed E-state index contributed by atoms with van der Waals surface area (Å²) in [6.45, 7) is 0.434. The van der Waals surface area contributed by atoms with E-state index in [2.05, 4.69) is 17.1 Å². The van der Waals surface area contributed by atoms with Crippen LogP contribution in [-0.4, -0.2) is 31.2 Å². The van der Waals surface area contributed by atoms with E-state index in [9.17, 15) is 4.79 Å². The van der Waals surface area contributed by atoms with Crippen molar-refractivity contribution in [2.45, 2.75) is 6.42 Å². The molecule has 1 heterocycles. The smallest absolute Gasteiger partial charge is 0.266 e. The van der Waals surface area contributed by atoms with Crippen LogP contribution in [0.25, 0.3) is 10.2 Å². The van der Waals surface area contributed by atoms with Gasteiger partial charge in [0.25, 0.3) is 5.91 Å². The molecule has 4 rings (SSSR count). The Bertz CT molecular complexity index is 1090. The van der Waals surface area contributed by atoms with Crippen molar-refractivity contribution in [1.82, 2.24) is 4.98 Å². The van der Waals surface area contributed by atoms with Crippen molar-refractivity contribution in [1.29, 1.82) is 0 Å². The number of anilines is 1. The zero-order valence-electron chi connectivity index (χ0n) is 16.7. The normalized spacial score (nSPS) is 10.7. The molecule has 5 nitrogen and oxygen atoms in total. The quantitative estimate of drug-likeness (QED) is 0.406. The third-order valence-electron chi connectivity index (χ3n) is 4.70. The first-order chi connectivity index (χ1) is 14.7. The minimum Gasteiger partial charge on any atom is -0.493 e. The highest BCUT2D eigenvalue weighted by atomic mass is 32.1. The number of carbonyl (C=O) groups excluding carboxylic acids is 1. The largest absolute Gasteiger partial charge is 0.493 e. The van der Waals surface area contributed by atoms with Gasteiger partial charge in [-0.15, -0.1) is 0 Å². The van der Waals surface area contributed by atoms with Gasteiger partial charge in [-0.05, 0) is 36.2 Å². The maximum atomic E-state index is 13.1. The molecule has 30 heavy (non-hydrogen) atoms. The lowest BCUT2D eigenvalue weighted by Gasteiger charge is -2.20. The van der Waals surface area contributed by atoms with Crippen LogP contribution in [0.15, 0.2) is 78.9 Å². The lowest BCUT2D eigenvalue weighted by Crippen LogP contribution is -2.36. The van der Waals surface area contributed by atoms with Crippen molar-refractivity contribution in [2.24, 2.45) is 0 Å². The number of benzene rings is 3. The van der Waals surface area contributed by atoms with Crippen molar-refractivity contribution < 1.29 is 14.3 Å². The first-order valence-corrected chi connectivity index (χ1v) is 10.5. The van der Waals surface area contributed by atoms with E-state index in [0.717, 1.165) is 16.6 Å². The first kappa shape index (κ1) is 19.9. The summed E-state index contributed by atoms with van der Waals surface area (Å²) in [7, 11) is 1.58. The lowest BCUT2D eigenvalue weighted by atomic mass is 10.1. The van der Waals surface area contributed by atoms with Gasteiger partial charge in [-0.1, -0.05) is 65.9 Å². The van der Waals surface area contributed by atoms with Crippen molar-refractivity contribution in [3.8, 4) is 11.5 Å². The van der Waals surface area contributed by atoms with E-state index in [0.29, 0.717) is 23.2 Å². The second-order valence-corrected chi connectivity index (χ2v) is 7.69. The summed E-state index contributed by atoms with van der Waals surface area (Å²) in [6, 6.07) is 25.3. The minimum absolute atomic E-state index is 0.0922. The number of carbonyl (C=O) groups is 1. The molecule has 152 valence electrons. The number of aromatic nitrogens is 1. The summed E-state index contributed by atoms with van der Waals surface area (Å²) < 4.78 is 12.1. The molecular weight excluding hydrogens is 396 g/mol. The Kier molecular flexibility index (Phi) is 6.25. The van der Waals surface area contributed by atoms with Crippen molar-refractivity contribution >= 4 is 32.6 Å². The van der Waals surface area contributed by atoms with Gasteiger partial charge in [0.05, 0.1) is 17.3 Å². The van der Waals surface area contributed by atoms with Crippen molar-refractivity contribution in [3.05, 3.63) is 84.4 Å². The SMILES string of the molecule is COc1ccccc1OCC(=O)N(CCc1ccccc1)c1nc2ccccc2s1. The summed E-state index contributed by atoms with van der Waals surface area (Å²) >= 11 is 1.51. The first-order valence-electron chi connectivity index (χ1n) is 9.70. The molecule has 0 spiro atoms. The molecule has 1 amide bonds. The van der Waals surface area contributed by atoms with Crippen molar-refractivity contribution in [2.75, 3.05) is 25.2 Å². The third-order valence-corrected chi connectivity index (χ3v) is 5.76. The highest BCUT2D eigenvalue weighted by Crippen LogP contribution is 2.30. The number of fused-ring (bicyclic) bond motifs is 1. The van der Waals surface area contributed by atoms with Gasteiger partial charge in [-0.3, -0.25) is 9.69 Å². The van der Waals surface area contributed by atoms with Crippen LogP contribution in [0.4, 0.5) is 5.13 Å². The summed E-state index contributed by atoms with van der Waals surface area (Å²) in [5.74, 6) is 0.998. The van der Waals surface area contributed by atoms with Gasteiger partial charge in [-0.2, -0.15) is 0 Å². The molecule has 0 aliphatic rings. The standard InChI is InChI=1S/C24H22N2O3S/c1-28-20-12-6-7-13-21(20)29-17-23(27)26(16-15-18-9-3-2-4-10-18)24-25-19-11-5-8-14-22(19)30-24/h2-14H,15-17H2,1H3. The predicted octanol–water partition coefficient (Wildman–Crippen LogP) is 4.96. The molecule has 0 aliphatic carbocycles. The minimum atomic E-state index is -0.143. The van der Waals surface area contributed by atoms with Crippen LogP contribution in [0.5, 0.6) is 11.5 Å². The molecule has 0 aliphatic heterocycles. The average molecular weight is 419 g/mol. The zero-order valence-corrected chi connectivity index (χ0v) is 17.5. The van der Waals surface area contributed by atoms with Crippen LogP contribution in [0.1, 0.15) is 5.56 Å². The number of amides is 1. The lowest BCUT2D eigenvalue weighted by molar-refractivity contribution is -0.120. The van der Waals surface area contributed by atoms with Gasteiger partial charge in [0, 0.05) is 6.54 Å². The van der Waals surface area contributed by atoms with E-state index in [-0.39, 0.29) is 12.5 Å². The van der Waals surface area contributed by atoms with E-state index in [1.807, 2.05) is 54.6 Å². The molecule has 6 heteroatoms.